The number of hydrogen-bond donors (Lipinski definition) is 3. The Kier molecular flexibility index (Phi) is 9.13. The maximum absolute atomic E-state index is 13.8. The summed E-state index contributed by atoms with van der Waals surface area (Å²) in [4.78, 5) is 32.9. The number of thiophene rings is 1. The number of alkyl halides is 6. The molecule has 0 saturated carbocycles. The van der Waals surface area contributed by atoms with Crippen LogP contribution in [0.25, 0.3) is 10.1 Å². The van der Waals surface area contributed by atoms with Crippen LogP contribution in [-0.2, 0) is 12.4 Å². The average Bonchev–Trinajstić information content (AvgIpc) is 3.38. The second-order valence-electron chi connectivity index (χ2n) is 10.5. The first-order valence-electron chi connectivity index (χ1n) is 13.7. The van der Waals surface area contributed by atoms with Crippen molar-refractivity contribution in [3.05, 3.63) is 76.0 Å². The van der Waals surface area contributed by atoms with Crippen LogP contribution in [-0.4, -0.2) is 48.7 Å². The highest BCUT2D eigenvalue weighted by Crippen LogP contribution is 2.41. The molecule has 2 aromatic heterocycles. The van der Waals surface area contributed by atoms with Crippen LogP contribution >= 0.6 is 11.3 Å². The number of nitrogens with zero attached hydrogens (tertiary/aromatic N) is 2. The number of ether oxygens (including phenoxy) is 1. The van der Waals surface area contributed by atoms with Gasteiger partial charge in [-0.05, 0) is 55.2 Å². The molecule has 1 atom stereocenters. The second kappa shape index (κ2) is 12.7. The lowest BCUT2D eigenvalue weighted by Crippen LogP contribution is -2.37. The van der Waals surface area contributed by atoms with Crippen LogP contribution in [0.15, 0.2) is 48.7 Å². The minimum Gasteiger partial charge on any atom is -0.480 e. The van der Waals surface area contributed by atoms with Crippen molar-refractivity contribution in [3.8, 4) is 5.88 Å². The number of pyridine rings is 1. The van der Waals surface area contributed by atoms with E-state index in [2.05, 4.69) is 15.6 Å². The maximum atomic E-state index is 13.8. The number of aromatic nitrogens is 1. The Hall–Kier alpha value is -4.44. The minimum atomic E-state index is -5.07. The predicted molar refractivity (Wildman–Crippen MR) is 157 cm³/mol. The second-order valence-corrected chi connectivity index (χ2v) is 11.6. The zero-order valence-electron chi connectivity index (χ0n) is 23.9. The van der Waals surface area contributed by atoms with Crippen LogP contribution in [0.3, 0.4) is 0 Å². The fourth-order valence-corrected chi connectivity index (χ4v) is 6.23. The lowest BCUT2D eigenvalue weighted by atomic mass is 9.98. The van der Waals surface area contributed by atoms with Gasteiger partial charge in [0.1, 0.15) is 16.3 Å². The zero-order chi connectivity index (χ0) is 33.4. The van der Waals surface area contributed by atoms with Gasteiger partial charge in [-0.25, -0.2) is 9.37 Å². The van der Waals surface area contributed by atoms with Gasteiger partial charge in [0, 0.05) is 35.5 Å². The van der Waals surface area contributed by atoms with Crippen molar-refractivity contribution in [3.63, 3.8) is 0 Å². The fourth-order valence-electron chi connectivity index (χ4n) is 5.13. The number of aliphatic hydroxyl groups is 1. The van der Waals surface area contributed by atoms with Gasteiger partial charge in [-0.2, -0.15) is 26.3 Å². The molecule has 4 aromatic rings. The van der Waals surface area contributed by atoms with E-state index in [4.69, 9.17) is 4.74 Å². The molecular formula is C30H25F7N4O4S. The number of benzene rings is 2. The number of fused-ring (bicyclic) bond motifs is 1. The summed E-state index contributed by atoms with van der Waals surface area (Å²) in [6.45, 7) is 1.12. The molecule has 46 heavy (non-hydrogen) atoms. The lowest BCUT2D eigenvalue weighted by molar-refractivity contribution is -0.140. The third-order valence-electron chi connectivity index (χ3n) is 7.41. The number of carbonyl (C=O) groups excluding carboxylic acids is 2. The summed E-state index contributed by atoms with van der Waals surface area (Å²) in [6.07, 6.45) is -6.69. The third-order valence-corrected chi connectivity index (χ3v) is 8.56. The molecule has 1 aliphatic heterocycles. The van der Waals surface area contributed by atoms with E-state index in [1.807, 2.05) is 4.90 Å². The third kappa shape index (κ3) is 6.87. The summed E-state index contributed by atoms with van der Waals surface area (Å²) in [5, 5.41) is 14.4. The van der Waals surface area contributed by atoms with Gasteiger partial charge < -0.3 is 25.4 Å². The molecule has 0 bridgehead atoms. The van der Waals surface area contributed by atoms with Gasteiger partial charge in [0.05, 0.1) is 35.8 Å². The Morgan fingerprint density at radius 1 is 1.04 bits per heavy atom. The van der Waals surface area contributed by atoms with E-state index in [9.17, 15) is 45.4 Å². The Morgan fingerprint density at radius 3 is 2.48 bits per heavy atom. The number of amides is 2. The van der Waals surface area contributed by atoms with Gasteiger partial charge in [0.2, 0.25) is 5.88 Å². The van der Waals surface area contributed by atoms with Crippen LogP contribution in [0.1, 0.15) is 44.0 Å². The van der Waals surface area contributed by atoms with Crippen molar-refractivity contribution in [2.45, 2.75) is 25.2 Å². The molecule has 2 aromatic carbocycles. The predicted octanol–water partition coefficient (Wildman–Crippen LogP) is 7.19. The largest absolute Gasteiger partial charge is 0.480 e. The van der Waals surface area contributed by atoms with Crippen LogP contribution in [0.2, 0.25) is 0 Å². The van der Waals surface area contributed by atoms with Gasteiger partial charge in [-0.1, -0.05) is 6.07 Å². The topological polar surface area (TPSA) is 104 Å². The highest BCUT2D eigenvalue weighted by molar-refractivity contribution is 7.21. The number of anilines is 3. The quantitative estimate of drug-likeness (QED) is 0.180. The molecule has 1 saturated heterocycles. The first kappa shape index (κ1) is 32.9. The summed E-state index contributed by atoms with van der Waals surface area (Å²) in [5.41, 5.74) is -2.84. The number of methoxy groups -OCH3 is 1. The Bertz CT molecular complexity index is 1790. The van der Waals surface area contributed by atoms with E-state index < -0.39 is 46.8 Å². The van der Waals surface area contributed by atoms with E-state index in [0.29, 0.717) is 42.2 Å². The first-order valence-corrected chi connectivity index (χ1v) is 14.5. The monoisotopic (exact) mass is 670 g/mol. The number of aliphatic hydroxyl groups excluding tert-OH is 1. The van der Waals surface area contributed by atoms with E-state index in [1.165, 1.54) is 19.4 Å². The van der Waals surface area contributed by atoms with Crippen molar-refractivity contribution < 1.29 is 50.2 Å². The molecule has 1 fully saturated rings. The molecule has 0 radical (unpaired) electrons. The molecule has 8 nitrogen and oxygen atoms in total. The van der Waals surface area contributed by atoms with Crippen LogP contribution < -0.4 is 20.3 Å². The molecule has 16 heteroatoms. The minimum absolute atomic E-state index is 0.0151. The highest BCUT2D eigenvalue weighted by Gasteiger charge is 2.35. The maximum Gasteiger partial charge on any atom is 0.419 e. The Morgan fingerprint density at radius 2 is 1.80 bits per heavy atom. The molecule has 0 aliphatic carbocycles. The SMILES string of the molecule is COc1ncc(N2CCCC(CO)C2)cc1C(=O)Nc1c(C(=O)Nc2ccc(F)c(C(F)(F)F)c2)sc2cc(C(F)(F)F)ccc12. The van der Waals surface area contributed by atoms with Gasteiger partial charge in [0.15, 0.2) is 0 Å². The lowest BCUT2D eigenvalue weighted by Gasteiger charge is -2.33. The summed E-state index contributed by atoms with van der Waals surface area (Å²) in [7, 11) is 1.27. The normalized spacial score (nSPS) is 15.6. The van der Waals surface area contributed by atoms with Crippen molar-refractivity contribution >= 4 is 50.3 Å². The smallest absolute Gasteiger partial charge is 0.419 e. The molecule has 3 N–H and O–H groups in total. The summed E-state index contributed by atoms with van der Waals surface area (Å²) in [5.74, 6) is -3.54. The van der Waals surface area contributed by atoms with E-state index in [0.717, 1.165) is 37.1 Å². The highest BCUT2D eigenvalue weighted by atomic mass is 32.1. The number of nitrogens with one attached hydrogen (secondary N) is 2. The van der Waals surface area contributed by atoms with Gasteiger partial charge in [0.25, 0.3) is 11.8 Å². The van der Waals surface area contributed by atoms with Crippen molar-refractivity contribution in [1.29, 1.82) is 0 Å². The molecule has 2 amide bonds. The van der Waals surface area contributed by atoms with Gasteiger partial charge >= 0.3 is 12.4 Å². The Balaban J connectivity index is 1.53. The fraction of sp³-hybridized carbons (Fsp3) is 0.300. The molecule has 5 rings (SSSR count). The summed E-state index contributed by atoms with van der Waals surface area (Å²) in [6, 6.07) is 5.88. The number of rotatable bonds is 7. The molecule has 3 heterocycles. The number of hydrogen-bond acceptors (Lipinski definition) is 7. The van der Waals surface area contributed by atoms with Crippen LogP contribution in [0.5, 0.6) is 5.88 Å². The van der Waals surface area contributed by atoms with Gasteiger partial charge in [-0.3, -0.25) is 9.59 Å². The van der Waals surface area contributed by atoms with Crippen LogP contribution in [0, 0.1) is 11.7 Å². The van der Waals surface area contributed by atoms with Crippen LogP contribution in [0.4, 0.5) is 47.8 Å². The molecule has 1 unspecified atom stereocenters. The summed E-state index contributed by atoms with van der Waals surface area (Å²) >= 11 is 0.568. The number of carbonyl (C=O) groups is 2. The zero-order valence-corrected chi connectivity index (χ0v) is 24.7. The van der Waals surface area contributed by atoms with Crippen molar-refractivity contribution in [2.24, 2.45) is 5.92 Å². The first-order chi connectivity index (χ1) is 21.7. The van der Waals surface area contributed by atoms with E-state index in [-0.39, 0.29) is 44.6 Å². The van der Waals surface area contributed by atoms with Crippen molar-refractivity contribution in [1.82, 2.24) is 4.98 Å². The molecule has 0 spiro atoms. The number of halogens is 7. The molecular weight excluding hydrogens is 645 g/mol. The average molecular weight is 671 g/mol. The van der Waals surface area contributed by atoms with E-state index in [1.54, 1.807) is 0 Å². The standard InChI is InChI=1S/C30H25F7N4O4S/c1-45-28-20(11-18(12-38-28)41-8-2-3-15(13-41)14-42)26(43)40-24-19-6-4-16(29(32,33)34)9-23(19)46-25(24)27(44)39-17-5-7-22(31)21(10-17)30(35,36)37/h4-7,9-12,15,42H,2-3,8,13-14H2,1H3,(H,39,44)(H,40,43). The Labute approximate surface area is 260 Å². The number of piperidine rings is 1. The molecule has 1 aliphatic rings. The molecule has 244 valence electrons. The van der Waals surface area contributed by atoms with Crippen molar-refractivity contribution in [2.75, 3.05) is 42.3 Å². The van der Waals surface area contributed by atoms with Gasteiger partial charge in [-0.15, -0.1) is 11.3 Å². The summed E-state index contributed by atoms with van der Waals surface area (Å²) < 4.78 is 99.3. The van der Waals surface area contributed by atoms with E-state index >= 15 is 0 Å².